The number of anilines is 1. The van der Waals surface area contributed by atoms with Gasteiger partial charge in [-0.3, -0.25) is 14.9 Å². The van der Waals surface area contributed by atoms with Crippen LogP contribution in [0, 0.1) is 10.1 Å². The fourth-order valence-corrected chi connectivity index (χ4v) is 2.23. The predicted octanol–water partition coefficient (Wildman–Crippen LogP) is 1.30. The average Bonchev–Trinajstić information content (AvgIpc) is 3.09. The highest BCUT2D eigenvalue weighted by Crippen LogP contribution is 2.34. The molecule has 0 fully saturated rings. The molecule has 2 aromatic rings. The van der Waals surface area contributed by atoms with Gasteiger partial charge in [0.05, 0.1) is 17.7 Å². The molecule has 0 radical (unpaired) electrons. The highest BCUT2D eigenvalue weighted by atomic mass is 16.7. The van der Waals surface area contributed by atoms with Crippen molar-refractivity contribution >= 4 is 23.5 Å². The fraction of sp³-hybridized carbons (Fsp3) is 0.125. The van der Waals surface area contributed by atoms with E-state index >= 15 is 0 Å². The van der Waals surface area contributed by atoms with Crippen LogP contribution in [-0.2, 0) is 4.79 Å². The Morgan fingerprint density at radius 2 is 2.00 bits per heavy atom. The maximum atomic E-state index is 11.8. The molecule has 0 spiro atoms. The monoisotopic (exact) mass is 374 g/mol. The SMILES string of the molecule is O=C(CNc1ccc2c(c1)OCO2)N/N=C\c1cc([N+](=O)[O-])c(O)cc1O. The molecule has 2 aromatic carbocycles. The van der Waals surface area contributed by atoms with Gasteiger partial charge >= 0.3 is 5.69 Å². The highest BCUT2D eigenvalue weighted by Gasteiger charge is 2.17. The van der Waals surface area contributed by atoms with E-state index in [0.29, 0.717) is 17.2 Å². The maximum absolute atomic E-state index is 11.8. The molecule has 11 heteroatoms. The van der Waals surface area contributed by atoms with E-state index in [4.69, 9.17) is 9.47 Å². The summed E-state index contributed by atoms with van der Waals surface area (Å²) in [6, 6.07) is 6.87. The quantitative estimate of drug-likeness (QED) is 0.335. The van der Waals surface area contributed by atoms with Gasteiger partial charge < -0.3 is 25.0 Å². The van der Waals surface area contributed by atoms with Crippen molar-refractivity contribution in [2.24, 2.45) is 5.10 Å². The number of hydrogen-bond donors (Lipinski definition) is 4. The Kier molecular flexibility index (Phi) is 4.92. The van der Waals surface area contributed by atoms with Crippen LogP contribution in [-0.4, -0.2) is 40.6 Å². The lowest BCUT2D eigenvalue weighted by Crippen LogP contribution is -2.25. The van der Waals surface area contributed by atoms with Crippen molar-refractivity contribution in [2.45, 2.75) is 0 Å². The first-order valence-electron chi connectivity index (χ1n) is 7.60. The molecule has 1 amide bonds. The van der Waals surface area contributed by atoms with Gasteiger partial charge in [-0.25, -0.2) is 5.43 Å². The van der Waals surface area contributed by atoms with Crippen molar-refractivity contribution < 1.29 is 29.4 Å². The predicted molar refractivity (Wildman–Crippen MR) is 93.2 cm³/mol. The molecule has 0 aromatic heterocycles. The summed E-state index contributed by atoms with van der Waals surface area (Å²) in [4.78, 5) is 21.8. The zero-order valence-corrected chi connectivity index (χ0v) is 13.7. The molecule has 0 atom stereocenters. The van der Waals surface area contributed by atoms with Gasteiger partial charge in [0.1, 0.15) is 5.75 Å². The number of nitrogens with zero attached hydrogens (tertiary/aromatic N) is 2. The standard InChI is InChI=1S/C16H14N4O7/c21-12-5-13(22)11(20(24)25)3-9(12)6-18-19-16(23)7-17-10-1-2-14-15(4-10)27-8-26-14/h1-6,17,21-22H,7-8H2,(H,19,23)/b18-6-. The van der Waals surface area contributed by atoms with E-state index in [9.17, 15) is 25.1 Å². The second-order valence-corrected chi connectivity index (χ2v) is 5.37. The van der Waals surface area contributed by atoms with Crippen molar-refractivity contribution in [3.05, 3.63) is 46.0 Å². The van der Waals surface area contributed by atoms with Crippen LogP contribution in [0.5, 0.6) is 23.0 Å². The van der Waals surface area contributed by atoms with Gasteiger partial charge in [-0.1, -0.05) is 0 Å². The van der Waals surface area contributed by atoms with E-state index in [2.05, 4.69) is 15.8 Å². The second kappa shape index (κ2) is 7.47. The normalized spacial score (nSPS) is 12.1. The third-order valence-corrected chi connectivity index (χ3v) is 3.54. The molecule has 11 nitrogen and oxygen atoms in total. The number of ether oxygens (including phenoxy) is 2. The Balaban J connectivity index is 1.56. The molecule has 0 aliphatic carbocycles. The summed E-state index contributed by atoms with van der Waals surface area (Å²) in [6.45, 7) is 0.0505. The molecular formula is C16H14N4O7. The number of amides is 1. The van der Waals surface area contributed by atoms with Crippen LogP contribution in [0.4, 0.5) is 11.4 Å². The van der Waals surface area contributed by atoms with Crippen molar-refractivity contribution in [3.63, 3.8) is 0 Å². The van der Waals surface area contributed by atoms with Gasteiger partial charge in [-0.05, 0) is 12.1 Å². The van der Waals surface area contributed by atoms with E-state index in [0.717, 1.165) is 18.3 Å². The van der Waals surface area contributed by atoms with Crippen LogP contribution < -0.4 is 20.2 Å². The molecule has 140 valence electrons. The number of phenols is 2. The minimum absolute atomic E-state index is 0.0384. The molecule has 27 heavy (non-hydrogen) atoms. The number of nitro benzene ring substituents is 1. The Bertz CT molecular complexity index is 929. The van der Waals surface area contributed by atoms with Crippen molar-refractivity contribution in [1.29, 1.82) is 0 Å². The van der Waals surface area contributed by atoms with Crippen molar-refractivity contribution in [2.75, 3.05) is 18.7 Å². The van der Waals surface area contributed by atoms with E-state index in [1.54, 1.807) is 18.2 Å². The highest BCUT2D eigenvalue weighted by molar-refractivity contribution is 5.87. The zero-order valence-electron chi connectivity index (χ0n) is 13.7. The number of rotatable bonds is 6. The van der Waals surface area contributed by atoms with Gasteiger partial charge in [-0.2, -0.15) is 5.10 Å². The van der Waals surface area contributed by atoms with Crippen LogP contribution in [0.2, 0.25) is 0 Å². The lowest BCUT2D eigenvalue weighted by Gasteiger charge is -2.06. The molecule has 0 saturated carbocycles. The van der Waals surface area contributed by atoms with Crippen molar-refractivity contribution in [3.8, 4) is 23.0 Å². The summed E-state index contributed by atoms with van der Waals surface area (Å²) in [5.41, 5.74) is 2.23. The number of nitro groups is 1. The van der Waals surface area contributed by atoms with Crippen LogP contribution in [0.1, 0.15) is 5.56 Å². The lowest BCUT2D eigenvalue weighted by molar-refractivity contribution is -0.385. The van der Waals surface area contributed by atoms with Gasteiger partial charge in [0.25, 0.3) is 5.91 Å². The summed E-state index contributed by atoms with van der Waals surface area (Å²) < 4.78 is 10.4. The van der Waals surface area contributed by atoms with Crippen molar-refractivity contribution in [1.82, 2.24) is 5.43 Å². The van der Waals surface area contributed by atoms with Gasteiger partial charge in [0.2, 0.25) is 6.79 Å². The first-order valence-corrected chi connectivity index (χ1v) is 7.60. The first-order chi connectivity index (χ1) is 12.9. The smallest absolute Gasteiger partial charge is 0.311 e. The van der Waals surface area contributed by atoms with E-state index in [-0.39, 0.29) is 18.9 Å². The second-order valence-electron chi connectivity index (χ2n) is 5.37. The zero-order chi connectivity index (χ0) is 19.4. The Hall–Kier alpha value is -4.02. The Morgan fingerprint density at radius 1 is 1.22 bits per heavy atom. The maximum Gasteiger partial charge on any atom is 0.311 e. The Morgan fingerprint density at radius 3 is 2.78 bits per heavy atom. The van der Waals surface area contributed by atoms with E-state index in [1.807, 2.05) is 0 Å². The molecule has 0 saturated heterocycles. The number of nitrogens with one attached hydrogen (secondary N) is 2. The Labute approximate surface area is 152 Å². The van der Waals surface area contributed by atoms with Crippen LogP contribution >= 0.6 is 0 Å². The number of aromatic hydroxyl groups is 2. The number of carbonyl (C=O) groups excluding carboxylic acids is 1. The molecule has 1 aliphatic rings. The summed E-state index contributed by atoms with van der Waals surface area (Å²) in [7, 11) is 0. The third-order valence-electron chi connectivity index (χ3n) is 3.54. The molecule has 4 N–H and O–H groups in total. The molecule has 0 bridgehead atoms. The third kappa shape index (κ3) is 4.15. The summed E-state index contributed by atoms with van der Waals surface area (Å²) >= 11 is 0. The van der Waals surface area contributed by atoms with Gasteiger partial charge in [0.15, 0.2) is 17.2 Å². The summed E-state index contributed by atoms with van der Waals surface area (Å²) in [6.07, 6.45) is 1.03. The van der Waals surface area contributed by atoms with E-state index < -0.39 is 28.0 Å². The molecular weight excluding hydrogens is 360 g/mol. The summed E-state index contributed by atoms with van der Waals surface area (Å²) in [5, 5.41) is 36.4. The lowest BCUT2D eigenvalue weighted by atomic mass is 10.2. The van der Waals surface area contributed by atoms with E-state index in [1.165, 1.54) is 0 Å². The fourth-order valence-electron chi connectivity index (χ4n) is 2.23. The minimum atomic E-state index is -0.806. The van der Waals surface area contributed by atoms with Gasteiger partial charge in [-0.15, -0.1) is 0 Å². The average molecular weight is 374 g/mol. The largest absolute Gasteiger partial charge is 0.507 e. The van der Waals surface area contributed by atoms with Gasteiger partial charge in [0, 0.05) is 29.4 Å². The number of hydrazone groups is 1. The number of phenolic OH excluding ortho intramolecular Hbond substituents is 2. The van der Waals surface area contributed by atoms with Crippen LogP contribution in [0.15, 0.2) is 35.4 Å². The topological polar surface area (TPSA) is 156 Å². The molecule has 0 unspecified atom stereocenters. The summed E-state index contributed by atoms with van der Waals surface area (Å²) in [5.74, 6) is -0.391. The molecule has 1 heterocycles. The first kappa shape index (κ1) is 17.8. The van der Waals surface area contributed by atoms with Crippen LogP contribution in [0.3, 0.4) is 0 Å². The molecule has 3 rings (SSSR count). The molecule has 1 aliphatic heterocycles. The number of fused-ring (bicyclic) bond motifs is 1. The number of hydrogen-bond acceptors (Lipinski definition) is 9. The minimum Gasteiger partial charge on any atom is -0.507 e. The van der Waals surface area contributed by atoms with Crippen LogP contribution in [0.25, 0.3) is 0 Å². The number of carbonyl (C=O) groups is 1. The number of benzene rings is 2.